The summed E-state index contributed by atoms with van der Waals surface area (Å²) in [6, 6.07) is 8.38. The first-order valence-corrected chi connectivity index (χ1v) is 7.10. The van der Waals surface area contributed by atoms with Gasteiger partial charge in [0.1, 0.15) is 0 Å². The Bertz CT molecular complexity index is 354. The van der Waals surface area contributed by atoms with Crippen LogP contribution in [0.3, 0.4) is 0 Å². The summed E-state index contributed by atoms with van der Waals surface area (Å²) in [6.45, 7) is 2.82. The lowest BCUT2D eigenvalue weighted by Crippen LogP contribution is -2.09. The lowest BCUT2D eigenvalue weighted by atomic mass is 10.0. The highest BCUT2D eigenvalue weighted by atomic mass is 32.4. The summed E-state index contributed by atoms with van der Waals surface area (Å²) >= 11 is 5.06. The quantitative estimate of drug-likeness (QED) is 0.688. The highest BCUT2D eigenvalue weighted by Crippen LogP contribution is 2.40. The third-order valence-corrected chi connectivity index (χ3v) is 3.81. The highest BCUT2D eigenvalue weighted by Gasteiger charge is 2.18. The molecule has 0 saturated carbocycles. The lowest BCUT2D eigenvalue weighted by molar-refractivity contribution is 0.119. The van der Waals surface area contributed by atoms with E-state index in [9.17, 15) is 0 Å². The average molecular weight is 228 g/mol. The van der Waals surface area contributed by atoms with Gasteiger partial charge in [0, 0.05) is 6.42 Å². The van der Waals surface area contributed by atoms with E-state index in [1.54, 1.807) is 0 Å². The minimum Gasteiger partial charge on any atom is -0.331 e. The number of hydrogen-bond acceptors (Lipinski definition) is 3. The number of benzene rings is 1. The van der Waals surface area contributed by atoms with Crippen molar-refractivity contribution < 1.29 is 9.05 Å². The average Bonchev–Trinajstić information content (AvgIpc) is 2.18. The summed E-state index contributed by atoms with van der Waals surface area (Å²) < 4.78 is 10.9. The number of aryl methyl sites for hydroxylation is 1. The van der Waals surface area contributed by atoms with Gasteiger partial charge >= 0.3 is 0 Å². The van der Waals surface area contributed by atoms with Crippen LogP contribution in [0.1, 0.15) is 23.7 Å². The Morgan fingerprint density at radius 2 is 2.36 bits per heavy atom. The van der Waals surface area contributed by atoms with Crippen LogP contribution in [0.4, 0.5) is 0 Å². The smallest absolute Gasteiger partial charge is 0.176 e. The Kier molecular flexibility index (Phi) is 3.34. The van der Waals surface area contributed by atoms with E-state index in [0.717, 1.165) is 13.0 Å². The summed E-state index contributed by atoms with van der Waals surface area (Å²) in [5.74, 6) is 0. The molecule has 2 nitrogen and oxygen atoms in total. The van der Waals surface area contributed by atoms with Crippen LogP contribution < -0.4 is 0 Å². The molecule has 0 spiro atoms. The predicted octanol–water partition coefficient (Wildman–Crippen LogP) is 2.98. The van der Waals surface area contributed by atoms with Gasteiger partial charge in [-0.2, -0.15) is 0 Å². The van der Waals surface area contributed by atoms with Crippen molar-refractivity contribution in [2.45, 2.75) is 19.4 Å². The van der Waals surface area contributed by atoms with Crippen molar-refractivity contribution in [1.29, 1.82) is 0 Å². The Hall–Kier alpha value is -0.210. The summed E-state index contributed by atoms with van der Waals surface area (Å²) in [5, 5.41) is 0. The maximum Gasteiger partial charge on any atom is 0.176 e. The number of rotatable bonds is 1. The van der Waals surface area contributed by atoms with Crippen LogP contribution in [0.5, 0.6) is 0 Å². The first kappa shape index (κ1) is 10.3. The Morgan fingerprint density at radius 1 is 1.50 bits per heavy atom. The first-order chi connectivity index (χ1) is 6.75. The van der Waals surface area contributed by atoms with Crippen LogP contribution in [0.25, 0.3) is 0 Å². The molecule has 1 heterocycles. The van der Waals surface area contributed by atoms with Crippen LogP contribution in [-0.4, -0.2) is 6.61 Å². The lowest BCUT2D eigenvalue weighted by Gasteiger charge is -2.24. The second-order valence-electron chi connectivity index (χ2n) is 3.41. The number of hydrogen-bond donors (Lipinski definition) is 0. The van der Waals surface area contributed by atoms with E-state index >= 15 is 0 Å². The maximum absolute atomic E-state index is 5.62. The van der Waals surface area contributed by atoms with Gasteiger partial charge in [-0.1, -0.05) is 29.8 Å². The van der Waals surface area contributed by atoms with Crippen LogP contribution in [0, 0.1) is 6.92 Å². The van der Waals surface area contributed by atoms with Gasteiger partial charge in [0.2, 0.25) is 0 Å². The molecule has 0 bridgehead atoms. The molecule has 1 aliphatic rings. The molecule has 0 aromatic heterocycles. The van der Waals surface area contributed by atoms with Gasteiger partial charge in [0.05, 0.1) is 12.7 Å². The molecule has 2 unspecified atom stereocenters. The van der Waals surface area contributed by atoms with E-state index in [0.29, 0.717) is 0 Å². The Morgan fingerprint density at radius 3 is 3.07 bits per heavy atom. The van der Waals surface area contributed by atoms with Gasteiger partial charge in [-0.15, -0.1) is 0 Å². The van der Waals surface area contributed by atoms with E-state index in [2.05, 4.69) is 31.2 Å². The van der Waals surface area contributed by atoms with Crippen molar-refractivity contribution in [3.63, 3.8) is 0 Å². The molecule has 1 aliphatic heterocycles. The van der Waals surface area contributed by atoms with Crippen LogP contribution in [0.15, 0.2) is 24.3 Å². The molecule has 1 aromatic carbocycles. The van der Waals surface area contributed by atoms with E-state index in [1.807, 2.05) is 0 Å². The molecule has 0 N–H and O–H groups in total. The zero-order chi connectivity index (χ0) is 9.97. The zero-order valence-corrected chi connectivity index (χ0v) is 9.84. The molecule has 2 rings (SSSR count). The van der Waals surface area contributed by atoms with Crippen LogP contribution in [-0.2, 0) is 20.9 Å². The molecule has 0 amide bonds. The van der Waals surface area contributed by atoms with Crippen LogP contribution >= 0.6 is 7.15 Å². The van der Waals surface area contributed by atoms with Gasteiger partial charge in [0.15, 0.2) is 7.15 Å². The largest absolute Gasteiger partial charge is 0.331 e. The summed E-state index contributed by atoms with van der Waals surface area (Å²) in [4.78, 5) is 0. The van der Waals surface area contributed by atoms with Gasteiger partial charge in [-0.3, -0.25) is 0 Å². The second kappa shape index (κ2) is 4.54. The molecule has 14 heavy (non-hydrogen) atoms. The third-order valence-electron chi connectivity index (χ3n) is 2.25. The molecule has 1 saturated heterocycles. The minimum atomic E-state index is -1.42. The maximum atomic E-state index is 5.62. The molecule has 2 atom stereocenters. The molecule has 1 aromatic rings. The monoisotopic (exact) mass is 228 g/mol. The van der Waals surface area contributed by atoms with Crippen LogP contribution in [0.2, 0.25) is 0 Å². The van der Waals surface area contributed by atoms with E-state index in [-0.39, 0.29) is 6.10 Å². The first-order valence-electron chi connectivity index (χ1n) is 4.66. The summed E-state index contributed by atoms with van der Waals surface area (Å²) in [6.07, 6.45) is 1.06. The second-order valence-corrected chi connectivity index (χ2v) is 5.43. The summed E-state index contributed by atoms with van der Waals surface area (Å²) in [7, 11) is -1.42. The normalized spacial score (nSPS) is 27.5. The van der Waals surface area contributed by atoms with E-state index in [1.165, 1.54) is 11.1 Å². The molecule has 4 heteroatoms. The van der Waals surface area contributed by atoms with Gasteiger partial charge in [0.25, 0.3) is 0 Å². The molecule has 0 aliphatic carbocycles. The fourth-order valence-electron chi connectivity index (χ4n) is 1.56. The van der Waals surface area contributed by atoms with Gasteiger partial charge in [-0.25, -0.2) is 0 Å². The summed E-state index contributed by atoms with van der Waals surface area (Å²) in [5.41, 5.74) is 2.48. The van der Waals surface area contributed by atoms with Crippen molar-refractivity contribution in [3.05, 3.63) is 35.4 Å². The van der Waals surface area contributed by atoms with E-state index < -0.39 is 7.15 Å². The van der Waals surface area contributed by atoms with E-state index in [4.69, 9.17) is 20.9 Å². The molecular formula is C10H13O2PS. The minimum absolute atomic E-state index is 0.148. The zero-order valence-electron chi connectivity index (χ0n) is 8.03. The van der Waals surface area contributed by atoms with Crippen molar-refractivity contribution in [1.82, 2.24) is 0 Å². The van der Waals surface area contributed by atoms with Crippen molar-refractivity contribution in [2.24, 2.45) is 0 Å². The predicted molar refractivity (Wildman–Crippen MR) is 61.3 cm³/mol. The van der Waals surface area contributed by atoms with Gasteiger partial charge < -0.3 is 9.05 Å². The van der Waals surface area contributed by atoms with Gasteiger partial charge in [-0.05, 0) is 24.3 Å². The Balaban J connectivity index is 2.17. The fourth-order valence-corrected chi connectivity index (χ4v) is 3.00. The topological polar surface area (TPSA) is 18.5 Å². The molecular weight excluding hydrogens is 215 g/mol. The Labute approximate surface area is 89.8 Å². The molecule has 0 radical (unpaired) electrons. The third kappa shape index (κ3) is 2.43. The highest BCUT2D eigenvalue weighted by molar-refractivity contribution is 8.00. The SMILES string of the molecule is Cc1cccc(C2CCO[PH](=S)O2)c1. The van der Waals surface area contributed by atoms with Crippen molar-refractivity contribution in [3.8, 4) is 0 Å². The molecule has 76 valence electrons. The molecule has 1 fully saturated rings. The fraction of sp³-hybridized carbons (Fsp3) is 0.400. The van der Waals surface area contributed by atoms with Crippen molar-refractivity contribution >= 4 is 19.0 Å². The van der Waals surface area contributed by atoms with Crippen molar-refractivity contribution in [2.75, 3.05) is 6.61 Å². The standard InChI is InChI=1S/C10H13O2PS/c1-8-3-2-4-9(7-8)10-5-6-11-13(14)12-10/h2-4,7,10,13H,5-6H2,1H3.